The Bertz CT molecular complexity index is 390. The fourth-order valence-corrected chi connectivity index (χ4v) is 2.81. The van der Waals surface area contributed by atoms with E-state index in [0.717, 1.165) is 16.9 Å². The van der Waals surface area contributed by atoms with Crippen molar-refractivity contribution in [3.8, 4) is 0 Å². The lowest BCUT2D eigenvalue weighted by atomic mass is 9.81. The number of aromatic amines is 1. The number of imidazole rings is 1. The van der Waals surface area contributed by atoms with Crippen molar-refractivity contribution in [3.05, 3.63) is 16.7 Å². The van der Waals surface area contributed by atoms with Crippen LogP contribution >= 0.6 is 12.2 Å². The molecule has 1 rings (SSSR count). The summed E-state index contributed by atoms with van der Waals surface area (Å²) in [7, 11) is 0. The topological polar surface area (TPSA) is 20.7 Å². The Balaban J connectivity index is 3.06. The van der Waals surface area contributed by atoms with Gasteiger partial charge in [0.15, 0.2) is 4.77 Å². The number of nitrogens with zero attached hydrogens (tertiary/aromatic N) is 1. The van der Waals surface area contributed by atoms with E-state index < -0.39 is 0 Å². The van der Waals surface area contributed by atoms with Crippen LogP contribution < -0.4 is 0 Å². The number of hydrogen-bond donors (Lipinski definition) is 1. The Kier molecular flexibility index (Phi) is 3.15. The van der Waals surface area contributed by atoms with Crippen LogP contribution in [0.3, 0.4) is 0 Å². The molecular formula is C12H22N2S. The predicted molar refractivity (Wildman–Crippen MR) is 67.7 cm³/mol. The van der Waals surface area contributed by atoms with Gasteiger partial charge in [-0.3, -0.25) is 0 Å². The van der Waals surface area contributed by atoms with Crippen molar-refractivity contribution in [1.82, 2.24) is 9.55 Å². The lowest BCUT2D eigenvalue weighted by molar-refractivity contribution is 0.213. The highest BCUT2D eigenvalue weighted by atomic mass is 32.1. The summed E-state index contributed by atoms with van der Waals surface area (Å²) in [5, 5.41) is 0. The average molecular weight is 226 g/mol. The van der Waals surface area contributed by atoms with Gasteiger partial charge in [-0.1, -0.05) is 20.8 Å². The summed E-state index contributed by atoms with van der Waals surface area (Å²) in [6.45, 7) is 13.3. The molecule has 0 saturated carbocycles. The molecule has 15 heavy (non-hydrogen) atoms. The highest BCUT2D eigenvalue weighted by Crippen LogP contribution is 2.32. The zero-order chi connectivity index (χ0) is 11.9. The molecule has 0 aromatic carbocycles. The van der Waals surface area contributed by atoms with Crippen LogP contribution in [-0.4, -0.2) is 9.55 Å². The normalized spacial score (nSPS) is 13.2. The molecule has 0 atom stereocenters. The van der Waals surface area contributed by atoms with E-state index in [2.05, 4.69) is 50.4 Å². The summed E-state index contributed by atoms with van der Waals surface area (Å²) in [6.07, 6.45) is 3.21. The molecule has 1 N–H and O–H groups in total. The number of nitrogens with one attached hydrogen (secondary N) is 1. The monoisotopic (exact) mass is 226 g/mol. The van der Waals surface area contributed by atoms with Gasteiger partial charge < -0.3 is 9.55 Å². The lowest BCUT2D eigenvalue weighted by Crippen LogP contribution is -2.31. The van der Waals surface area contributed by atoms with Crippen LogP contribution in [0.5, 0.6) is 0 Å². The second-order valence-corrected chi connectivity index (χ2v) is 6.55. The van der Waals surface area contributed by atoms with Crippen molar-refractivity contribution in [2.24, 2.45) is 5.41 Å². The summed E-state index contributed by atoms with van der Waals surface area (Å²) in [4.78, 5) is 3.18. The molecule has 0 radical (unpaired) electrons. The first kappa shape index (κ1) is 12.5. The molecule has 1 aromatic rings. The van der Waals surface area contributed by atoms with Crippen LogP contribution in [0.25, 0.3) is 0 Å². The third-order valence-corrected chi connectivity index (χ3v) is 2.76. The summed E-state index contributed by atoms with van der Waals surface area (Å²) in [6, 6.07) is 0. The van der Waals surface area contributed by atoms with Crippen LogP contribution in [0.15, 0.2) is 6.20 Å². The number of aryl methyl sites for hydroxylation is 1. The van der Waals surface area contributed by atoms with E-state index in [1.165, 1.54) is 0 Å². The van der Waals surface area contributed by atoms with Crippen molar-refractivity contribution >= 4 is 12.2 Å². The second-order valence-electron chi connectivity index (χ2n) is 6.16. The molecule has 0 aliphatic rings. The number of H-pyrrole nitrogens is 1. The Morgan fingerprint density at radius 2 is 1.80 bits per heavy atom. The van der Waals surface area contributed by atoms with Gasteiger partial charge in [-0.2, -0.15) is 0 Å². The van der Waals surface area contributed by atoms with Crippen molar-refractivity contribution in [2.75, 3.05) is 0 Å². The predicted octanol–water partition coefficient (Wildman–Crippen LogP) is 4.03. The molecule has 3 heteroatoms. The first-order chi connectivity index (χ1) is 6.62. The minimum absolute atomic E-state index is 0.0695. The van der Waals surface area contributed by atoms with E-state index in [0.29, 0.717) is 5.41 Å². The number of rotatable bonds is 2. The van der Waals surface area contributed by atoms with Crippen molar-refractivity contribution in [3.63, 3.8) is 0 Å². The molecule has 0 bridgehead atoms. The summed E-state index contributed by atoms with van der Waals surface area (Å²) in [5.74, 6) is 0. The maximum atomic E-state index is 5.32. The van der Waals surface area contributed by atoms with E-state index in [-0.39, 0.29) is 5.54 Å². The van der Waals surface area contributed by atoms with Gasteiger partial charge in [0.2, 0.25) is 0 Å². The molecule has 0 spiro atoms. The van der Waals surface area contributed by atoms with Crippen molar-refractivity contribution in [1.29, 1.82) is 0 Å². The van der Waals surface area contributed by atoms with Gasteiger partial charge in [-0.05, 0) is 44.8 Å². The molecular weight excluding hydrogens is 204 g/mol. The molecule has 1 aromatic heterocycles. The van der Waals surface area contributed by atoms with Crippen LogP contribution in [0.1, 0.15) is 46.7 Å². The molecule has 0 unspecified atom stereocenters. The van der Waals surface area contributed by atoms with Gasteiger partial charge in [0.1, 0.15) is 0 Å². The zero-order valence-electron chi connectivity index (χ0n) is 10.6. The van der Waals surface area contributed by atoms with Crippen LogP contribution in [-0.2, 0) is 5.54 Å². The van der Waals surface area contributed by atoms with E-state index in [1.807, 2.05) is 6.92 Å². The van der Waals surface area contributed by atoms with E-state index in [4.69, 9.17) is 12.2 Å². The van der Waals surface area contributed by atoms with Gasteiger partial charge in [-0.25, -0.2) is 0 Å². The second kappa shape index (κ2) is 3.78. The summed E-state index contributed by atoms with van der Waals surface area (Å²) < 4.78 is 2.99. The molecule has 0 aliphatic carbocycles. The number of aromatic nitrogens is 2. The largest absolute Gasteiger partial charge is 0.335 e. The fourth-order valence-electron chi connectivity index (χ4n) is 2.35. The van der Waals surface area contributed by atoms with Gasteiger partial charge in [0.05, 0.1) is 0 Å². The third kappa shape index (κ3) is 3.20. The van der Waals surface area contributed by atoms with Crippen LogP contribution in [0, 0.1) is 17.1 Å². The van der Waals surface area contributed by atoms with Gasteiger partial charge in [0, 0.05) is 17.4 Å². The van der Waals surface area contributed by atoms with Crippen molar-refractivity contribution < 1.29 is 0 Å². The molecule has 86 valence electrons. The average Bonchev–Trinajstić information content (AvgIpc) is 2.24. The first-order valence-electron chi connectivity index (χ1n) is 5.41. The standard InChI is InChI=1S/C12H22N2S/c1-9-7-14(10(15)13-9)12(5,6)8-11(2,3)4/h7H,8H2,1-6H3,(H,13,15). The minimum atomic E-state index is 0.0695. The summed E-state index contributed by atoms with van der Waals surface area (Å²) in [5.41, 5.74) is 1.51. The van der Waals surface area contributed by atoms with Crippen LogP contribution in [0.2, 0.25) is 0 Å². The SMILES string of the molecule is Cc1cn(C(C)(C)CC(C)(C)C)c(=S)[nH]1. The number of hydrogen-bond acceptors (Lipinski definition) is 1. The Labute approximate surface area is 97.7 Å². The van der Waals surface area contributed by atoms with Gasteiger partial charge >= 0.3 is 0 Å². The molecule has 0 fully saturated rings. The lowest BCUT2D eigenvalue weighted by Gasteiger charge is -2.33. The Morgan fingerprint density at radius 1 is 1.27 bits per heavy atom. The van der Waals surface area contributed by atoms with E-state index in [1.54, 1.807) is 0 Å². The van der Waals surface area contributed by atoms with E-state index in [9.17, 15) is 0 Å². The smallest absolute Gasteiger partial charge is 0.177 e. The third-order valence-electron chi connectivity index (χ3n) is 2.46. The minimum Gasteiger partial charge on any atom is -0.335 e. The van der Waals surface area contributed by atoms with Crippen LogP contribution in [0.4, 0.5) is 0 Å². The Morgan fingerprint density at radius 3 is 2.13 bits per heavy atom. The fraction of sp³-hybridized carbons (Fsp3) is 0.750. The first-order valence-corrected chi connectivity index (χ1v) is 5.81. The Hall–Kier alpha value is -0.570. The molecule has 0 saturated heterocycles. The molecule has 0 aliphatic heterocycles. The maximum Gasteiger partial charge on any atom is 0.177 e. The van der Waals surface area contributed by atoms with Gasteiger partial charge in [0.25, 0.3) is 0 Å². The highest BCUT2D eigenvalue weighted by Gasteiger charge is 2.27. The summed E-state index contributed by atoms with van der Waals surface area (Å²) >= 11 is 5.32. The molecule has 2 nitrogen and oxygen atoms in total. The molecule has 0 amide bonds. The highest BCUT2D eigenvalue weighted by molar-refractivity contribution is 7.71. The quantitative estimate of drug-likeness (QED) is 0.755. The molecule has 1 heterocycles. The van der Waals surface area contributed by atoms with Crippen molar-refractivity contribution in [2.45, 2.75) is 53.5 Å². The maximum absolute atomic E-state index is 5.32. The van der Waals surface area contributed by atoms with E-state index >= 15 is 0 Å². The zero-order valence-corrected chi connectivity index (χ0v) is 11.5. The van der Waals surface area contributed by atoms with Gasteiger partial charge in [-0.15, -0.1) is 0 Å².